The number of hydrogen-bond donors (Lipinski definition) is 0. The van der Waals surface area contributed by atoms with Crippen molar-refractivity contribution in [1.82, 2.24) is 0 Å². The van der Waals surface area contributed by atoms with E-state index in [2.05, 4.69) is 6.07 Å². The average molecular weight is 178 g/mol. The fraction of sp³-hybridized carbons (Fsp3) is 0.300. The third-order valence-electron chi connectivity index (χ3n) is 2.18. The van der Waals surface area contributed by atoms with Crippen LogP contribution < -0.4 is 0 Å². The van der Waals surface area contributed by atoms with Crippen molar-refractivity contribution >= 4 is 11.6 Å². The summed E-state index contributed by atoms with van der Waals surface area (Å²) in [5.41, 5.74) is 1.97. The zero-order valence-electron chi connectivity index (χ0n) is 6.50. The minimum absolute atomic E-state index is 0.318. The predicted molar refractivity (Wildman–Crippen MR) is 48.2 cm³/mol. The number of nitriles is 1. The predicted octanol–water partition coefficient (Wildman–Crippen LogP) is 2.65. The largest absolute Gasteiger partial charge is 0.192 e. The highest BCUT2D eigenvalue weighted by Crippen LogP contribution is 2.44. The second-order valence-corrected chi connectivity index (χ2v) is 3.65. The molecule has 0 aliphatic heterocycles. The summed E-state index contributed by atoms with van der Waals surface area (Å²) in [5.74, 6) is 0.527. The SMILES string of the molecule is N#Cc1ccc(C2CC2Cl)cc1. The van der Waals surface area contributed by atoms with E-state index < -0.39 is 0 Å². The van der Waals surface area contributed by atoms with Crippen LogP contribution in [0.25, 0.3) is 0 Å². The fourth-order valence-electron chi connectivity index (χ4n) is 1.31. The topological polar surface area (TPSA) is 23.8 Å². The Bertz CT molecular complexity index is 323. The Hall–Kier alpha value is -1.00. The van der Waals surface area contributed by atoms with Gasteiger partial charge in [-0.3, -0.25) is 0 Å². The molecule has 1 aromatic carbocycles. The van der Waals surface area contributed by atoms with Crippen LogP contribution in [-0.4, -0.2) is 5.38 Å². The summed E-state index contributed by atoms with van der Waals surface area (Å²) in [6, 6.07) is 9.76. The third kappa shape index (κ3) is 1.31. The van der Waals surface area contributed by atoms with E-state index in [1.807, 2.05) is 24.3 Å². The van der Waals surface area contributed by atoms with Crippen molar-refractivity contribution in [2.45, 2.75) is 17.7 Å². The summed E-state index contributed by atoms with van der Waals surface area (Å²) in [4.78, 5) is 0. The highest BCUT2D eigenvalue weighted by Gasteiger charge is 2.36. The lowest BCUT2D eigenvalue weighted by molar-refractivity contribution is 1.13. The van der Waals surface area contributed by atoms with Crippen molar-refractivity contribution < 1.29 is 0 Å². The van der Waals surface area contributed by atoms with Gasteiger partial charge in [-0.25, -0.2) is 0 Å². The first-order valence-corrected chi connectivity index (χ1v) is 4.39. The van der Waals surface area contributed by atoms with Crippen LogP contribution in [0, 0.1) is 11.3 Å². The normalized spacial score (nSPS) is 26.3. The molecule has 0 saturated heterocycles. The Balaban J connectivity index is 2.21. The van der Waals surface area contributed by atoms with Crippen LogP contribution in [0.3, 0.4) is 0 Å². The zero-order valence-corrected chi connectivity index (χ0v) is 7.25. The van der Waals surface area contributed by atoms with Gasteiger partial charge < -0.3 is 0 Å². The number of benzene rings is 1. The molecule has 1 saturated carbocycles. The van der Waals surface area contributed by atoms with Gasteiger partial charge in [-0.15, -0.1) is 11.6 Å². The van der Waals surface area contributed by atoms with E-state index in [1.54, 1.807) is 0 Å². The lowest BCUT2D eigenvalue weighted by Crippen LogP contribution is -1.82. The van der Waals surface area contributed by atoms with Crippen LogP contribution in [0.4, 0.5) is 0 Å². The fourth-order valence-corrected chi connectivity index (χ4v) is 1.65. The van der Waals surface area contributed by atoms with Gasteiger partial charge in [-0.2, -0.15) is 5.26 Å². The summed E-state index contributed by atoms with van der Waals surface area (Å²) in [7, 11) is 0. The Morgan fingerprint density at radius 2 is 1.92 bits per heavy atom. The van der Waals surface area contributed by atoms with Crippen LogP contribution in [0.1, 0.15) is 23.5 Å². The van der Waals surface area contributed by atoms with E-state index in [1.165, 1.54) is 5.56 Å². The van der Waals surface area contributed by atoms with Crippen molar-refractivity contribution in [2.75, 3.05) is 0 Å². The molecule has 0 N–H and O–H groups in total. The molecule has 1 aromatic rings. The van der Waals surface area contributed by atoms with E-state index in [-0.39, 0.29) is 0 Å². The summed E-state index contributed by atoms with van der Waals surface area (Å²) >= 11 is 5.90. The molecule has 60 valence electrons. The van der Waals surface area contributed by atoms with Crippen molar-refractivity contribution in [3.8, 4) is 6.07 Å². The summed E-state index contributed by atoms with van der Waals surface area (Å²) in [6.07, 6.45) is 1.08. The van der Waals surface area contributed by atoms with E-state index in [0.717, 1.165) is 6.42 Å². The van der Waals surface area contributed by atoms with Crippen LogP contribution in [0.5, 0.6) is 0 Å². The molecule has 1 nitrogen and oxygen atoms in total. The molecule has 2 rings (SSSR count). The molecule has 2 atom stereocenters. The van der Waals surface area contributed by atoms with Crippen molar-refractivity contribution in [3.05, 3.63) is 35.4 Å². The highest BCUT2D eigenvalue weighted by molar-refractivity contribution is 6.23. The van der Waals surface area contributed by atoms with Gasteiger partial charge in [0.25, 0.3) is 0 Å². The third-order valence-corrected chi connectivity index (χ3v) is 2.66. The summed E-state index contributed by atoms with van der Waals surface area (Å²) in [5, 5.41) is 8.88. The lowest BCUT2D eigenvalue weighted by Gasteiger charge is -1.96. The average Bonchev–Trinajstić information content (AvgIpc) is 2.83. The smallest absolute Gasteiger partial charge is 0.0991 e. The van der Waals surface area contributed by atoms with Gasteiger partial charge in [0.2, 0.25) is 0 Å². The maximum atomic E-state index is 8.56. The van der Waals surface area contributed by atoms with E-state index >= 15 is 0 Å². The molecule has 0 heterocycles. The molecular formula is C10H8ClN. The molecule has 2 unspecified atom stereocenters. The molecule has 0 spiro atoms. The van der Waals surface area contributed by atoms with Gasteiger partial charge >= 0.3 is 0 Å². The second kappa shape index (κ2) is 2.80. The molecule has 2 heteroatoms. The monoisotopic (exact) mass is 177 g/mol. The summed E-state index contributed by atoms with van der Waals surface area (Å²) in [6.45, 7) is 0. The Morgan fingerprint density at radius 1 is 1.33 bits per heavy atom. The number of nitrogens with zero attached hydrogens (tertiary/aromatic N) is 1. The van der Waals surface area contributed by atoms with E-state index in [9.17, 15) is 0 Å². The maximum Gasteiger partial charge on any atom is 0.0991 e. The van der Waals surface area contributed by atoms with Gasteiger partial charge in [-0.05, 0) is 24.1 Å². The van der Waals surface area contributed by atoms with E-state index in [4.69, 9.17) is 16.9 Å². The molecule has 0 bridgehead atoms. The van der Waals surface area contributed by atoms with Gasteiger partial charge in [0.1, 0.15) is 0 Å². The number of halogens is 1. The van der Waals surface area contributed by atoms with E-state index in [0.29, 0.717) is 16.9 Å². The van der Waals surface area contributed by atoms with Crippen LogP contribution in [-0.2, 0) is 0 Å². The number of rotatable bonds is 1. The first-order valence-electron chi connectivity index (χ1n) is 3.95. The molecule has 12 heavy (non-hydrogen) atoms. The Morgan fingerprint density at radius 3 is 2.33 bits per heavy atom. The molecular weight excluding hydrogens is 170 g/mol. The maximum absolute atomic E-state index is 8.56. The Labute approximate surface area is 76.6 Å². The standard InChI is InChI=1S/C10H8ClN/c11-10-5-9(10)8-3-1-7(6-12)2-4-8/h1-4,9-10H,5H2. The van der Waals surface area contributed by atoms with Crippen molar-refractivity contribution in [2.24, 2.45) is 0 Å². The molecule has 0 aromatic heterocycles. The van der Waals surface area contributed by atoms with Crippen molar-refractivity contribution in [3.63, 3.8) is 0 Å². The second-order valence-electron chi connectivity index (χ2n) is 3.09. The number of hydrogen-bond acceptors (Lipinski definition) is 1. The first-order chi connectivity index (χ1) is 5.81. The molecule has 1 aliphatic carbocycles. The van der Waals surface area contributed by atoms with Gasteiger partial charge in [0.15, 0.2) is 0 Å². The number of alkyl halides is 1. The van der Waals surface area contributed by atoms with Crippen LogP contribution in [0.2, 0.25) is 0 Å². The minimum Gasteiger partial charge on any atom is -0.192 e. The van der Waals surface area contributed by atoms with Gasteiger partial charge in [0.05, 0.1) is 11.6 Å². The minimum atomic E-state index is 0.318. The Kier molecular flexibility index (Phi) is 1.78. The lowest BCUT2D eigenvalue weighted by atomic mass is 10.1. The van der Waals surface area contributed by atoms with Crippen molar-refractivity contribution in [1.29, 1.82) is 5.26 Å². The van der Waals surface area contributed by atoms with Gasteiger partial charge in [-0.1, -0.05) is 12.1 Å². The quantitative estimate of drug-likeness (QED) is 0.605. The molecule has 0 amide bonds. The first kappa shape index (κ1) is 7.64. The molecule has 0 radical (unpaired) electrons. The summed E-state index contributed by atoms with van der Waals surface area (Å²) < 4.78 is 0. The molecule has 1 fully saturated rings. The van der Waals surface area contributed by atoms with Crippen LogP contribution >= 0.6 is 11.6 Å². The zero-order chi connectivity index (χ0) is 8.55. The molecule has 1 aliphatic rings. The highest BCUT2D eigenvalue weighted by atomic mass is 35.5. The van der Waals surface area contributed by atoms with Crippen LogP contribution in [0.15, 0.2) is 24.3 Å². The van der Waals surface area contributed by atoms with Gasteiger partial charge in [0, 0.05) is 11.3 Å².